The molecule has 8 nitrogen and oxygen atoms in total. The lowest BCUT2D eigenvalue weighted by molar-refractivity contribution is 0.0746. The molecule has 138 valence electrons. The van der Waals surface area contributed by atoms with Crippen molar-refractivity contribution in [3.63, 3.8) is 0 Å². The number of hydrogen-bond acceptors (Lipinski definition) is 7. The molecule has 2 aromatic heterocycles. The maximum absolute atomic E-state index is 12.6. The Kier molecular flexibility index (Phi) is 5.50. The highest BCUT2D eigenvalue weighted by molar-refractivity contribution is 5.94. The molecule has 1 aliphatic rings. The van der Waals surface area contributed by atoms with E-state index in [4.69, 9.17) is 4.74 Å². The first-order valence-corrected chi connectivity index (χ1v) is 8.74. The molecule has 0 spiro atoms. The molecule has 1 aliphatic heterocycles. The molecule has 1 fully saturated rings. The maximum atomic E-state index is 12.6. The van der Waals surface area contributed by atoms with Crippen LogP contribution in [0.5, 0.6) is 5.88 Å². The molecule has 8 heteroatoms. The summed E-state index contributed by atoms with van der Waals surface area (Å²) >= 11 is 0. The first-order chi connectivity index (χ1) is 12.6. The summed E-state index contributed by atoms with van der Waals surface area (Å²) in [6.07, 6.45) is 1.56. The Hall–Kier alpha value is -2.90. The highest BCUT2D eigenvalue weighted by atomic mass is 16.5. The number of carbonyl (C=O) groups is 1. The van der Waals surface area contributed by atoms with E-state index in [-0.39, 0.29) is 5.91 Å². The quantitative estimate of drug-likeness (QED) is 0.871. The molecule has 3 rings (SSSR count). The summed E-state index contributed by atoms with van der Waals surface area (Å²) in [6, 6.07) is 5.41. The number of amides is 1. The highest BCUT2D eigenvalue weighted by Crippen LogP contribution is 2.19. The van der Waals surface area contributed by atoms with E-state index in [1.165, 1.54) is 0 Å². The lowest BCUT2D eigenvalue weighted by Crippen LogP contribution is -2.49. The van der Waals surface area contributed by atoms with Gasteiger partial charge in [-0.25, -0.2) is 15.0 Å². The third kappa shape index (κ3) is 4.01. The number of anilines is 2. The van der Waals surface area contributed by atoms with E-state index in [1.54, 1.807) is 25.4 Å². The van der Waals surface area contributed by atoms with Crippen molar-refractivity contribution in [2.45, 2.75) is 13.8 Å². The van der Waals surface area contributed by atoms with Gasteiger partial charge in [-0.2, -0.15) is 0 Å². The van der Waals surface area contributed by atoms with Gasteiger partial charge in [0.25, 0.3) is 5.91 Å². The molecule has 1 saturated heterocycles. The van der Waals surface area contributed by atoms with Gasteiger partial charge >= 0.3 is 0 Å². The van der Waals surface area contributed by atoms with Crippen molar-refractivity contribution in [3.8, 4) is 5.88 Å². The van der Waals surface area contributed by atoms with Gasteiger partial charge in [-0.1, -0.05) is 0 Å². The number of aryl methyl sites for hydroxylation is 1. The monoisotopic (exact) mass is 356 g/mol. The number of ether oxygens (including phenoxy) is 1. The molecule has 1 amide bonds. The molecule has 0 radical (unpaired) electrons. The molecule has 0 bridgehead atoms. The van der Waals surface area contributed by atoms with Crippen LogP contribution in [0, 0.1) is 6.92 Å². The van der Waals surface area contributed by atoms with Gasteiger partial charge in [-0.15, -0.1) is 0 Å². The average molecular weight is 356 g/mol. The molecular weight excluding hydrogens is 332 g/mol. The van der Waals surface area contributed by atoms with E-state index in [1.807, 2.05) is 24.8 Å². The van der Waals surface area contributed by atoms with E-state index in [0.717, 1.165) is 37.1 Å². The van der Waals surface area contributed by atoms with Crippen molar-refractivity contribution in [2.75, 3.05) is 50.1 Å². The van der Waals surface area contributed by atoms with Crippen molar-refractivity contribution >= 4 is 17.5 Å². The van der Waals surface area contributed by atoms with Crippen LogP contribution in [0.1, 0.15) is 23.1 Å². The molecule has 2 aromatic rings. The van der Waals surface area contributed by atoms with Gasteiger partial charge in [-0.05, 0) is 19.9 Å². The summed E-state index contributed by atoms with van der Waals surface area (Å²) in [5.41, 5.74) is 0.576. The van der Waals surface area contributed by atoms with Crippen LogP contribution in [-0.2, 0) is 0 Å². The fourth-order valence-corrected chi connectivity index (χ4v) is 2.93. The summed E-state index contributed by atoms with van der Waals surface area (Å²) in [5.74, 6) is 2.96. The minimum absolute atomic E-state index is 0.00740. The van der Waals surface area contributed by atoms with Crippen LogP contribution in [0.15, 0.2) is 24.4 Å². The number of methoxy groups -OCH3 is 1. The van der Waals surface area contributed by atoms with Crippen LogP contribution in [0.25, 0.3) is 0 Å². The van der Waals surface area contributed by atoms with Crippen LogP contribution in [0.4, 0.5) is 11.6 Å². The van der Waals surface area contributed by atoms with Gasteiger partial charge < -0.3 is 19.9 Å². The normalized spacial score (nSPS) is 14.3. The van der Waals surface area contributed by atoms with Crippen molar-refractivity contribution in [1.82, 2.24) is 19.9 Å². The van der Waals surface area contributed by atoms with Crippen LogP contribution in [-0.4, -0.2) is 65.6 Å². The lowest BCUT2D eigenvalue weighted by Gasteiger charge is -2.35. The van der Waals surface area contributed by atoms with Gasteiger partial charge in [0.05, 0.1) is 12.7 Å². The van der Waals surface area contributed by atoms with Crippen LogP contribution in [0.2, 0.25) is 0 Å². The van der Waals surface area contributed by atoms with E-state index >= 15 is 0 Å². The Bertz CT molecular complexity index is 757. The second-order valence-electron chi connectivity index (χ2n) is 6.06. The molecule has 0 saturated carbocycles. The van der Waals surface area contributed by atoms with E-state index < -0.39 is 0 Å². The predicted octanol–water partition coefficient (Wildman–Crippen LogP) is 1.58. The Morgan fingerprint density at radius 1 is 1.23 bits per heavy atom. The molecular formula is C18H24N6O2. The molecule has 0 atom stereocenters. The van der Waals surface area contributed by atoms with Gasteiger partial charge in [0.15, 0.2) is 0 Å². The van der Waals surface area contributed by atoms with Crippen LogP contribution in [0.3, 0.4) is 0 Å². The standard InChI is InChI=1S/C18H24N6O2/c1-4-19-15-11-16(22-13(2)21-15)23-7-9-24(10-8-23)18(25)14-5-6-17(26-3)20-12-14/h5-6,11-12H,4,7-10H2,1-3H3,(H,19,21,22). The third-order valence-corrected chi connectivity index (χ3v) is 4.27. The number of rotatable bonds is 5. The van der Waals surface area contributed by atoms with Crippen LogP contribution < -0.4 is 15.0 Å². The number of nitrogens with zero attached hydrogens (tertiary/aromatic N) is 5. The molecule has 1 N–H and O–H groups in total. The number of nitrogens with one attached hydrogen (secondary N) is 1. The Morgan fingerprint density at radius 2 is 2.00 bits per heavy atom. The van der Waals surface area contributed by atoms with Crippen molar-refractivity contribution < 1.29 is 9.53 Å². The Morgan fingerprint density at radius 3 is 2.62 bits per heavy atom. The van der Waals surface area contributed by atoms with Crippen LogP contribution >= 0.6 is 0 Å². The minimum Gasteiger partial charge on any atom is -0.481 e. The fourth-order valence-electron chi connectivity index (χ4n) is 2.93. The molecule has 0 aromatic carbocycles. The molecule has 3 heterocycles. The Labute approximate surface area is 153 Å². The number of pyridine rings is 1. The largest absolute Gasteiger partial charge is 0.481 e. The smallest absolute Gasteiger partial charge is 0.255 e. The first kappa shape index (κ1) is 17.9. The summed E-state index contributed by atoms with van der Waals surface area (Å²) < 4.78 is 5.03. The zero-order valence-corrected chi connectivity index (χ0v) is 15.4. The van der Waals surface area contributed by atoms with E-state index in [0.29, 0.717) is 24.5 Å². The highest BCUT2D eigenvalue weighted by Gasteiger charge is 2.23. The first-order valence-electron chi connectivity index (χ1n) is 8.74. The predicted molar refractivity (Wildman–Crippen MR) is 99.8 cm³/mol. The van der Waals surface area contributed by atoms with Crippen molar-refractivity contribution in [3.05, 3.63) is 35.8 Å². The summed E-state index contributed by atoms with van der Waals surface area (Å²) in [4.78, 5) is 29.7. The fraction of sp³-hybridized carbons (Fsp3) is 0.444. The van der Waals surface area contributed by atoms with Crippen molar-refractivity contribution in [2.24, 2.45) is 0 Å². The Balaban J connectivity index is 1.64. The number of aromatic nitrogens is 3. The zero-order valence-electron chi connectivity index (χ0n) is 15.4. The average Bonchev–Trinajstić information content (AvgIpc) is 2.67. The van der Waals surface area contributed by atoms with E-state index in [9.17, 15) is 4.79 Å². The zero-order chi connectivity index (χ0) is 18.5. The van der Waals surface area contributed by atoms with Gasteiger partial charge in [0.2, 0.25) is 5.88 Å². The number of hydrogen-bond donors (Lipinski definition) is 1. The van der Waals surface area contributed by atoms with Gasteiger partial charge in [-0.3, -0.25) is 4.79 Å². The number of carbonyl (C=O) groups excluding carboxylic acids is 1. The second-order valence-corrected chi connectivity index (χ2v) is 6.06. The molecule has 26 heavy (non-hydrogen) atoms. The summed E-state index contributed by atoms with van der Waals surface area (Å²) in [7, 11) is 1.55. The summed E-state index contributed by atoms with van der Waals surface area (Å²) in [6.45, 7) is 7.49. The van der Waals surface area contributed by atoms with Gasteiger partial charge in [0, 0.05) is 51.1 Å². The SMILES string of the molecule is CCNc1cc(N2CCN(C(=O)c3ccc(OC)nc3)CC2)nc(C)n1. The molecule has 0 aliphatic carbocycles. The summed E-state index contributed by atoms with van der Waals surface area (Å²) in [5, 5.41) is 3.23. The third-order valence-electron chi connectivity index (χ3n) is 4.27. The van der Waals surface area contributed by atoms with Crippen molar-refractivity contribution in [1.29, 1.82) is 0 Å². The minimum atomic E-state index is -0.00740. The lowest BCUT2D eigenvalue weighted by atomic mass is 10.2. The maximum Gasteiger partial charge on any atom is 0.255 e. The van der Waals surface area contributed by atoms with Gasteiger partial charge in [0.1, 0.15) is 17.5 Å². The van der Waals surface area contributed by atoms with E-state index in [2.05, 4.69) is 25.2 Å². The second kappa shape index (κ2) is 7.99. The number of piperazine rings is 1. The topological polar surface area (TPSA) is 83.5 Å². The molecule has 0 unspecified atom stereocenters.